The lowest BCUT2D eigenvalue weighted by atomic mass is 9.97. The number of β-amino-alcohol motifs (C(OH)–C–C–N with tert-alkyl or cyclic N) is 1. The quantitative estimate of drug-likeness (QED) is 0.787. The lowest BCUT2D eigenvalue weighted by Gasteiger charge is -2.31. The number of benzene rings is 2. The first-order valence-corrected chi connectivity index (χ1v) is 9.12. The van der Waals surface area contributed by atoms with Crippen molar-refractivity contribution in [1.82, 2.24) is 9.88 Å². The molecule has 1 N–H and O–H groups in total. The second-order valence-electron chi connectivity index (χ2n) is 6.19. The van der Waals surface area contributed by atoms with Crippen molar-refractivity contribution >= 4 is 17.2 Å². The zero-order valence-corrected chi connectivity index (χ0v) is 14.4. The van der Waals surface area contributed by atoms with Crippen LogP contribution in [-0.2, 0) is 13.0 Å². The Labute approximate surface area is 150 Å². The van der Waals surface area contributed by atoms with Gasteiger partial charge >= 0.3 is 0 Å². The maximum absolute atomic E-state index is 12.8. The normalized spacial score (nSPS) is 16.5. The minimum atomic E-state index is -0.642. The fraction of sp³-hybridized carbons (Fsp3) is 0.200. The number of amides is 1. The third kappa shape index (κ3) is 3.34. The number of fused-ring (bicyclic) bond motifs is 1. The zero-order valence-electron chi connectivity index (χ0n) is 13.6. The summed E-state index contributed by atoms with van der Waals surface area (Å²) in [6.07, 6.45) is 0.0841. The molecule has 2 aromatic carbocycles. The number of carbonyl (C=O) groups is 1. The van der Waals surface area contributed by atoms with Crippen LogP contribution in [0.5, 0.6) is 0 Å². The van der Waals surface area contributed by atoms with Crippen molar-refractivity contribution in [1.29, 1.82) is 0 Å². The number of hydrogen-bond donors (Lipinski definition) is 1. The van der Waals surface area contributed by atoms with Gasteiger partial charge in [0.15, 0.2) is 0 Å². The predicted molar refractivity (Wildman–Crippen MR) is 97.5 cm³/mol. The molecule has 0 fully saturated rings. The molecule has 1 aromatic heterocycles. The molecule has 0 unspecified atom stereocenters. The summed E-state index contributed by atoms with van der Waals surface area (Å²) in [4.78, 5) is 19.0. The van der Waals surface area contributed by atoms with Gasteiger partial charge in [0.1, 0.15) is 5.69 Å². The van der Waals surface area contributed by atoms with Crippen molar-refractivity contribution in [2.45, 2.75) is 19.1 Å². The predicted octanol–water partition coefficient (Wildman–Crippen LogP) is 3.42. The summed E-state index contributed by atoms with van der Waals surface area (Å²) in [5.41, 5.74) is 3.55. The smallest absolute Gasteiger partial charge is 0.273 e. The first kappa shape index (κ1) is 16.0. The first-order valence-electron chi connectivity index (χ1n) is 8.24. The molecule has 1 atom stereocenters. The molecule has 0 spiro atoms. The van der Waals surface area contributed by atoms with E-state index in [1.807, 2.05) is 47.8 Å². The van der Waals surface area contributed by atoms with Crippen molar-refractivity contribution in [3.63, 3.8) is 0 Å². The molecular weight excluding hydrogens is 332 g/mol. The van der Waals surface area contributed by atoms with E-state index in [-0.39, 0.29) is 5.91 Å². The Kier molecular flexibility index (Phi) is 4.34. The second-order valence-corrected chi connectivity index (χ2v) is 7.13. The van der Waals surface area contributed by atoms with E-state index in [0.29, 0.717) is 18.8 Å². The summed E-state index contributed by atoms with van der Waals surface area (Å²) in [6, 6.07) is 17.8. The van der Waals surface area contributed by atoms with Gasteiger partial charge in [-0.25, -0.2) is 4.98 Å². The minimum absolute atomic E-state index is 0.121. The van der Waals surface area contributed by atoms with Crippen LogP contribution >= 0.6 is 11.3 Å². The third-order valence-corrected chi connectivity index (χ3v) is 5.27. The van der Waals surface area contributed by atoms with E-state index in [0.717, 1.165) is 22.6 Å². The number of aliphatic hydroxyl groups excluding tert-OH is 1. The van der Waals surface area contributed by atoms with Gasteiger partial charge in [-0.1, -0.05) is 54.6 Å². The fourth-order valence-electron chi connectivity index (χ4n) is 3.16. The summed E-state index contributed by atoms with van der Waals surface area (Å²) >= 11 is 1.50. The van der Waals surface area contributed by atoms with E-state index in [1.165, 1.54) is 16.9 Å². The van der Waals surface area contributed by atoms with Gasteiger partial charge in [-0.15, -0.1) is 11.3 Å². The van der Waals surface area contributed by atoms with Crippen molar-refractivity contribution in [2.24, 2.45) is 0 Å². The summed E-state index contributed by atoms with van der Waals surface area (Å²) in [5.74, 6) is -0.121. The Hall–Kier alpha value is -2.50. The minimum Gasteiger partial charge on any atom is -0.387 e. The van der Waals surface area contributed by atoms with Gasteiger partial charge < -0.3 is 10.0 Å². The number of nitrogens with zero attached hydrogens (tertiary/aromatic N) is 2. The Balaban J connectivity index is 1.50. The highest BCUT2D eigenvalue weighted by molar-refractivity contribution is 7.09. The highest BCUT2D eigenvalue weighted by Crippen LogP contribution is 2.27. The molecule has 1 aliphatic rings. The number of rotatable bonds is 3. The number of aromatic nitrogens is 1. The molecule has 0 aliphatic carbocycles. The largest absolute Gasteiger partial charge is 0.387 e. The summed E-state index contributed by atoms with van der Waals surface area (Å²) in [5, 5.41) is 13.1. The number of carbonyl (C=O) groups excluding carboxylic acids is 1. The van der Waals surface area contributed by atoms with Crippen LogP contribution < -0.4 is 0 Å². The Morgan fingerprint density at radius 2 is 1.92 bits per heavy atom. The van der Waals surface area contributed by atoms with Gasteiger partial charge in [-0.2, -0.15) is 0 Å². The van der Waals surface area contributed by atoms with Crippen LogP contribution in [-0.4, -0.2) is 27.4 Å². The maximum atomic E-state index is 12.8. The lowest BCUT2D eigenvalue weighted by Crippen LogP contribution is -2.38. The Bertz CT molecular complexity index is 891. The average Bonchev–Trinajstić information content (AvgIpc) is 3.10. The van der Waals surface area contributed by atoms with Gasteiger partial charge in [0.25, 0.3) is 5.91 Å². The van der Waals surface area contributed by atoms with Crippen molar-refractivity contribution < 1.29 is 9.90 Å². The Morgan fingerprint density at radius 1 is 1.16 bits per heavy atom. The standard InChI is InChI=1S/C20H18N2O2S/c23-18-12-22(11-15-8-4-5-9-16(15)18)20(24)17-13-25-19(21-17)10-14-6-2-1-3-7-14/h1-9,13,18,23H,10-12H2/t18-/m1/s1. The molecule has 2 heterocycles. The SMILES string of the molecule is O=C(c1csc(Cc2ccccc2)n1)N1Cc2ccccc2[C@H](O)C1. The van der Waals surface area contributed by atoms with E-state index >= 15 is 0 Å². The van der Waals surface area contributed by atoms with E-state index in [1.54, 1.807) is 4.90 Å². The first-order chi connectivity index (χ1) is 12.2. The molecule has 4 rings (SSSR count). The molecule has 0 bridgehead atoms. The Morgan fingerprint density at radius 3 is 2.76 bits per heavy atom. The van der Waals surface area contributed by atoms with Crippen LogP contribution in [0, 0.1) is 0 Å². The van der Waals surface area contributed by atoms with Gasteiger partial charge in [0, 0.05) is 18.3 Å². The molecule has 1 aliphatic heterocycles. The molecule has 3 aromatic rings. The van der Waals surface area contributed by atoms with E-state index in [9.17, 15) is 9.90 Å². The lowest BCUT2D eigenvalue weighted by molar-refractivity contribution is 0.0545. The molecular formula is C20H18N2O2S. The van der Waals surface area contributed by atoms with E-state index in [4.69, 9.17) is 0 Å². The summed E-state index contributed by atoms with van der Waals surface area (Å²) < 4.78 is 0. The summed E-state index contributed by atoms with van der Waals surface area (Å²) in [7, 11) is 0. The van der Waals surface area contributed by atoms with Crippen LogP contribution in [0.2, 0.25) is 0 Å². The number of aliphatic hydroxyl groups is 1. The molecule has 25 heavy (non-hydrogen) atoms. The molecule has 4 nitrogen and oxygen atoms in total. The topological polar surface area (TPSA) is 53.4 Å². The number of thiazole rings is 1. The second kappa shape index (κ2) is 6.78. The zero-order chi connectivity index (χ0) is 17.2. The van der Waals surface area contributed by atoms with Crippen molar-refractivity contribution in [2.75, 3.05) is 6.54 Å². The van der Waals surface area contributed by atoms with Crippen molar-refractivity contribution in [3.05, 3.63) is 87.4 Å². The maximum Gasteiger partial charge on any atom is 0.273 e. The van der Waals surface area contributed by atoms with Gasteiger partial charge in [0.05, 0.1) is 17.7 Å². The number of hydrogen-bond acceptors (Lipinski definition) is 4. The van der Waals surface area contributed by atoms with Crippen molar-refractivity contribution in [3.8, 4) is 0 Å². The highest BCUT2D eigenvalue weighted by Gasteiger charge is 2.28. The third-order valence-electron chi connectivity index (χ3n) is 4.42. The molecule has 5 heteroatoms. The van der Waals surface area contributed by atoms with Crippen LogP contribution in [0.15, 0.2) is 60.0 Å². The molecule has 0 radical (unpaired) electrons. The van der Waals surface area contributed by atoms with Crippen LogP contribution in [0.3, 0.4) is 0 Å². The van der Waals surface area contributed by atoms with Gasteiger partial charge in [-0.05, 0) is 16.7 Å². The summed E-state index contributed by atoms with van der Waals surface area (Å²) in [6.45, 7) is 0.818. The molecule has 0 saturated heterocycles. The van der Waals surface area contributed by atoms with E-state index < -0.39 is 6.10 Å². The monoisotopic (exact) mass is 350 g/mol. The molecule has 1 amide bonds. The molecule has 0 saturated carbocycles. The van der Waals surface area contributed by atoms with Crippen LogP contribution in [0.4, 0.5) is 0 Å². The van der Waals surface area contributed by atoms with E-state index in [2.05, 4.69) is 17.1 Å². The fourth-order valence-corrected chi connectivity index (χ4v) is 3.96. The van der Waals surface area contributed by atoms with Crippen LogP contribution in [0.25, 0.3) is 0 Å². The van der Waals surface area contributed by atoms with Gasteiger partial charge in [-0.3, -0.25) is 4.79 Å². The van der Waals surface area contributed by atoms with Crippen LogP contribution in [0.1, 0.15) is 38.3 Å². The highest BCUT2D eigenvalue weighted by atomic mass is 32.1. The van der Waals surface area contributed by atoms with Gasteiger partial charge in [0.2, 0.25) is 0 Å². The average molecular weight is 350 g/mol. The molecule has 126 valence electrons.